The second kappa shape index (κ2) is 7.37. The molecule has 26 heavy (non-hydrogen) atoms. The summed E-state index contributed by atoms with van der Waals surface area (Å²) in [6, 6.07) is 7.96. The predicted molar refractivity (Wildman–Crippen MR) is 102 cm³/mol. The van der Waals surface area contributed by atoms with Gasteiger partial charge in [0.05, 0.1) is 17.5 Å². The fourth-order valence-electron chi connectivity index (χ4n) is 2.46. The molecule has 0 atom stereocenters. The standard InChI is InChI=1S/C19H17BrFN3O2/c1-10(2)26-19(25)14-9-22-18-13(6-4-11(3)23-18)17(14)24-16-7-5-12(21)8-15(16)20/h4-10H,1-3H3,(H,22,23,24). The zero-order chi connectivity index (χ0) is 18.8. The van der Waals surface area contributed by atoms with Gasteiger partial charge in [0, 0.05) is 21.7 Å². The van der Waals surface area contributed by atoms with Crippen LogP contribution in [0.1, 0.15) is 29.9 Å². The van der Waals surface area contributed by atoms with Gasteiger partial charge in [-0.25, -0.2) is 19.2 Å². The number of fused-ring (bicyclic) bond motifs is 1. The van der Waals surface area contributed by atoms with E-state index in [4.69, 9.17) is 4.74 Å². The van der Waals surface area contributed by atoms with Crippen LogP contribution < -0.4 is 5.32 Å². The number of hydrogen-bond acceptors (Lipinski definition) is 5. The Bertz CT molecular complexity index is 992. The smallest absolute Gasteiger partial charge is 0.342 e. The van der Waals surface area contributed by atoms with Crippen molar-refractivity contribution in [3.05, 3.63) is 58.1 Å². The van der Waals surface area contributed by atoms with Crippen molar-refractivity contribution in [2.45, 2.75) is 26.9 Å². The molecule has 0 fully saturated rings. The molecule has 0 aliphatic rings. The third-order valence-electron chi connectivity index (χ3n) is 3.62. The Labute approximate surface area is 158 Å². The quantitative estimate of drug-likeness (QED) is 0.594. The summed E-state index contributed by atoms with van der Waals surface area (Å²) in [7, 11) is 0. The van der Waals surface area contributed by atoms with Crippen LogP contribution in [0.25, 0.3) is 11.0 Å². The van der Waals surface area contributed by atoms with Gasteiger partial charge < -0.3 is 10.1 Å². The number of nitrogens with zero attached hydrogens (tertiary/aromatic N) is 2. The molecule has 2 aromatic heterocycles. The van der Waals surface area contributed by atoms with Crippen LogP contribution in [0.2, 0.25) is 0 Å². The Morgan fingerprint density at radius 3 is 2.73 bits per heavy atom. The largest absolute Gasteiger partial charge is 0.459 e. The molecule has 3 rings (SSSR count). The van der Waals surface area contributed by atoms with Gasteiger partial charge in [-0.2, -0.15) is 0 Å². The van der Waals surface area contributed by atoms with Crippen LogP contribution in [0.3, 0.4) is 0 Å². The number of ether oxygens (including phenoxy) is 1. The van der Waals surface area contributed by atoms with Gasteiger partial charge in [0.15, 0.2) is 5.65 Å². The number of aromatic nitrogens is 2. The minimum Gasteiger partial charge on any atom is -0.459 e. The molecule has 1 N–H and O–H groups in total. The maximum absolute atomic E-state index is 13.4. The number of benzene rings is 1. The molecule has 0 aliphatic heterocycles. The topological polar surface area (TPSA) is 64.1 Å². The Morgan fingerprint density at radius 2 is 2.04 bits per heavy atom. The van der Waals surface area contributed by atoms with Gasteiger partial charge in [0.2, 0.25) is 0 Å². The molecule has 0 unspecified atom stereocenters. The molecule has 0 saturated heterocycles. The first-order valence-corrected chi connectivity index (χ1v) is 8.84. The zero-order valence-corrected chi connectivity index (χ0v) is 16.1. The van der Waals surface area contributed by atoms with Gasteiger partial charge in [-0.3, -0.25) is 0 Å². The molecule has 0 amide bonds. The van der Waals surface area contributed by atoms with Gasteiger partial charge in [-0.05, 0) is 67.0 Å². The molecule has 134 valence electrons. The number of carbonyl (C=O) groups is 1. The van der Waals surface area contributed by atoms with Crippen LogP contribution in [0, 0.1) is 12.7 Å². The zero-order valence-electron chi connectivity index (χ0n) is 14.5. The van der Waals surface area contributed by atoms with Crippen molar-refractivity contribution in [3.63, 3.8) is 0 Å². The molecule has 3 aromatic rings. The molecule has 2 heterocycles. The molecule has 0 spiro atoms. The van der Waals surface area contributed by atoms with Crippen LogP contribution in [-0.4, -0.2) is 22.0 Å². The van der Waals surface area contributed by atoms with E-state index in [1.807, 2.05) is 19.1 Å². The monoisotopic (exact) mass is 417 g/mol. The van der Waals surface area contributed by atoms with Gasteiger partial charge in [0.25, 0.3) is 0 Å². The molecule has 7 heteroatoms. The minimum atomic E-state index is -0.490. The number of anilines is 2. The number of pyridine rings is 2. The van der Waals surface area contributed by atoms with Crippen molar-refractivity contribution >= 4 is 44.3 Å². The summed E-state index contributed by atoms with van der Waals surface area (Å²) in [5, 5.41) is 3.86. The summed E-state index contributed by atoms with van der Waals surface area (Å²) in [6.07, 6.45) is 1.18. The van der Waals surface area contributed by atoms with Crippen LogP contribution in [0.4, 0.5) is 15.8 Å². The Balaban J connectivity index is 2.16. The fraction of sp³-hybridized carbons (Fsp3) is 0.211. The van der Waals surface area contributed by atoms with Crippen molar-refractivity contribution in [3.8, 4) is 0 Å². The number of hydrogen-bond donors (Lipinski definition) is 1. The molecule has 0 bridgehead atoms. The Morgan fingerprint density at radius 1 is 1.27 bits per heavy atom. The van der Waals surface area contributed by atoms with E-state index in [9.17, 15) is 9.18 Å². The van der Waals surface area contributed by atoms with E-state index in [2.05, 4.69) is 31.2 Å². The number of aryl methyl sites for hydroxylation is 1. The SMILES string of the molecule is Cc1ccc2c(Nc3ccc(F)cc3Br)c(C(=O)OC(C)C)cnc2n1. The number of carbonyl (C=O) groups excluding carboxylic acids is 1. The minimum absolute atomic E-state index is 0.264. The van der Waals surface area contributed by atoms with E-state index in [1.54, 1.807) is 19.9 Å². The molecule has 0 radical (unpaired) electrons. The van der Waals surface area contributed by atoms with Gasteiger partial charge in [-0.1, -0.05) is 0 Å². The van der Waals surface area contributed by atoms with Gasteiger partial charge in [0.1, 0.15) is 11.4 Å². The Kier molecular flexibility index (Phi) is 5.18. The second-order valence-corrected chi connectivity index (χ2v) is 6.93. The van der Waals surface area contributed by atoms with Crippen molar-refractivity contribution in [2.75, 3.05) is 5.32 Å². The molecule has 0 saturated carbocycles. The summed E-state index contributed by atoms with van der Waals surface area (Å²) in [4.78, 5) is 21.2. The third-order valence-corrected chi connectivity index (χ3v) is 4.28. The van der Waals surface area contributed by atoms with E-state index in [0.29, 0.717) is 26.9 Å². The maximum atomic E-state index is 13.4. The summed E-state index contributed by atoms with van der Waals surface area (Å²) < 4.78 is 19.2. The van der Waals surface area contributed by atoms with Gasteiger partial charge in [-0.15, -0.1) is 0 Å². The first-order valence-electron chi connectivity index (χ1n) is 8.04. The van der Waals surface area contributed by atoms with Crippen LogP contribution >= 0.6 is 15.9 Å². The van der Waals surface area contributed by atoms with Crippen LogP contribution in [-0.2, 0) is 4.74 Å². The Hall–Kier alpha value is -2.54. The third kappa shape index (κ3) is 3.83. The average molecular weight is 418 g/mol. The van der Waals surface area contributed by atoms with Crippen molar-refractivity contribution in [1.29, 1.82) is 0 Å². The molecule has 5 nitrogen and oxygen atoms in total. The highest BCUT2D eigenvalue weighted by Crippen LogP contribution is 2.32. The second-order valence-electron chi connectivity index (χ2n) is 6.07. The number of nitrogens with one attached hydrogen (secondary N) is 1. The van der Waals surface area contributed by atoms with Crippen LogP contribution in [0.15, 0.2) is 41.0 Å². The van der Waals surface area contributed by atoms with E-state index >= 15 is 0 Å². The molecule has 1 aromatic carbocycles. The van der Waals surface area contributed by atoms with Crippen molar-refractivity contribution in [1.82, 2.24) is 9.97 Å². The summed E-state index contributed by atoms with van der Waals surface area (Å²) in [5.74, 6) is -0.852. The van der Waals surface area contributed by atoms with Crippen LogP contribution in [0.5, 0.6) is 0 Å². The average Bonchev–Trinajstić information content (AvgIpc) is 2.56. The first-order chi connectivity index (χ1) is 12.3. The normalized spacial score (nSPS) is 11.0. The summed E-state index contributed by atoms with van der Waals surface area (Å²) in [6.45, 7) is 5.42. The lowest BCUT2D eigenvalue weighted by atomic mass is 10.1. The molecular formula is C19H17BrFN3O2. The highest BCUT2D eigenvalue weighted by atomic mass is 79.9. The van der Waals surface area contributed by atoms with E-state index in [0.717, 1.165) is 5.69 Å². The molecular weight excluding hydrogens is 401 g/mol. The number of rotatable bonds is 4. The van der Waals surface area contributed by atoms with Crippen molar-refractivity contribution in [2.24, 2.45) is 0 Å². The van der Waals surface area contributed by atoms with Gasteiger partial charge >= 0.3 is 5.97 Å². The number of halogens is 2. The predicted octanol–water partition coefficient (Wildman–Crippen LogP) is 5.15. The highest BCUT2D eigenvalue weighted by molar-refractivity contribution is 9.10. The lowest BCUT2D eigenvalue weighted by Gasteiger charge is -2.16. The molecule has 0 aliphatic carbocycles. The number of esters is 1. The lowest BCUT2D eigenvalue weighted by molar-refractivity contribution is 0.0379. The fourth-order valence-corrected chi connectivity index (χ4v) is 2.91. The van der Waals surface area contributed by atoms with E-state index < -0.39 is 5.97 Å². The summed E-state index contributed by atoms with van der Waals surface area (Å²) in [5.41, 5.74) is 2.73. The van der Waals surface area contributed by atoms with E-state index in [1.165, 1.54) is 18.3 Å². The first kappa shape index (κ1) is 18.3. The highest BCUT2D eigenvalue weighted by Gasteiger charge is 2.19. The van der Waals surface area contributed by atoms with E-state index in [-0.39, 0.29) is 17.5 Å². The maximum Gasteiger partial charge on any atom is 0.342 e. The van der Waals surface area contributed by atoms with Crippen molar-refractivity contribution < 1.29 is 13.9 Å². The lowest BCUT2D eigenvalue weighted by Crippen LogP contribution is -2.14. The summed E-state index contributed by atoms with van der Waals surface area (Å²) >= 11 is 3.33.